The maximum Gasteiger partial charge on any atom is 0.210 e. The molecular weight excluding hydrogens is 438 g/mol. The summed E-state index contributed by atoms with van der Waals surface area (Å²) in [5, 5.41) is 0. The third-order valence-electron chi connectivity index (χ3n) is 5.83. The first kappa shape index (κ1) is 17.0. The molecule has 0 fully saturated rings. The molecule has 9 nitrogen and oxygen atoms in total. The van der Waals surface area contributed by atoms with Gasteiger partial charge in [-0.05, 0) is 12.1 Å². The number of rotatable bonds is 0. The minimum Gasteiger partial charge on any atom is -0.351 e. The molecule has 7 heterocycles. The fourth-order valence-electron chi connectivity index (χ4n) is 4.50. The average Bonchev–Trinajstić information content (AvgIpc) is 3.34. The molecule has 31 heavy (non-hydrogen) atoms. The van der Waals surface area contributed by atoms with Crippen molar-refractivity contribution in [2.75, 3.05) is 0 Å². The summed E-state index contributed by atoms with van der Waals surface area (Å²) in [6.45, 7) is 0. The summed E-state index contributed by atoms with van der Waals surface area (Å²) in [5.41, 5.74) is 3.95. The number of nitrogens with zero attached hydrogens (tertiary/aromatic N) is 4. The summed E-state index contributed by atoms with van der Waals surface area (Å²) >= 11 is 0. The van der Waals surface area contributed by atoms with Crippen LogP contribution in [0.2, 0.25) is 0 Å². The first-order valence-corrected chi connectivity index (χ1v) is 12.1. The predicted molar refractivity (Wildman–Crippen MR) is 109 cm³/mol. The highest BCUT2D eigenvalue weighted by Crippen LogP contribution is 2.49. The largest absolute Gasteiger partial charge is 0.351 e. The minimum atomic E-state index is -3.74. The van der Waals surface area contributed by atoms with E-state index in [4.69, 9.17) is 0 Å². The molecule has 0 radical (unpaired) electrons. The Bertz CT molecular complexity index is 1740. The van der Waals surface area contributed by atoms with Crippen molar-refractivity contribution in [3.8, 4) is 22.3 Å². The molecule has 0 aromatic carbocycles. The standard InChI is InChI=1S/C20H9N5O4S2/c26-30(27)11-5-21-3-1-9(11)15-13(30)7-23-19-17(15)25-18-16-10-2-4-22-6-12(10)31(28,29)14(16)8-24-20(18)19/h1-8,25H. The van der Waals surface area contributed by atoms with Crippen LogP contribution in [0.15, 0.2) is 68.9 Å². The van der Waals surface area contributed by atoms with Crippen molar-refractivity contribution in [2.45, 2.75) is 19.6 Å². The van der Waals surface area contributed by atoms with Gasteiger partial charge >= 0.3 is 0 Å². The number of pyridine rings is 4. The van der Waals surface area contributed by atoms with Crippen molar-refractivity contribution < 1.29 is 16.8 Å². The summed E-state index contributed by atoms with van der Waals surface area (Å²) in [7, 11) is -7.48. The minimum absolute atomic E-state index is 0.0865. The zero-order valence-electron chi connectivity index (χ0n) is 15.4. The Morgan fingerprint density at radius 2 is 1.06 bits per heavy atom. The summed E-state index contributed by atoms with van der Waals surface area (Å²) < 4.78 is 51.9. The highest BCUT2D eigenvalue weighted by molar-refractivity contribution is 7.92. The van der Waals surface area contributed by atoms with Crippen molar-refractivity contribution >= 4 is 41.7 Å². The second kappa shape index (κ2) is 5.13. The fourth-order valence-corrected chi connectivity index (χ4v) is 7.63. The smallest absolute Gasteiger partial charge is 0.210 e. The van der Waals surface area contributed by atoms with Gasteiger partial charge in [0.1, 0.15) is 20.8 Å². The molecular formula is C20H9N5O4S2. The van der Waals surface area contributed by atoms with Gasteiger partial charge < -0.3 is 4.98 Å². The Hall–Kier alpha value is -3.70. The summed E-state index contributed by atoms with van der Waals surface area (Å²) in [6, 6.07) is 3.29. The van der Waals surface area contributed by atoms with E-state index in [-0.39, 0.29) is 19.6 Å². The van der Waals surface area contributed by atoms with Gasteiger partial charge in [-0.25, -0.2) is 16.8 Å². The van der Waals surface area contributed by atoms with Crippen LogP contribution in [0.4, 0.5) is 0 Å². The lowest BCUT2D eigenvalue weighted by atomic mass is 10.1. The Labute approximate surface area is 174 Å². The van der Waals surface area contributed by atoms with Crippen LogP contribution in [0.25, 0.3) is 44.3 Å². The van der Waals surface area contributed by atoms with E-state index in [9.17, 15) is 16.8 Å². The fraction of sp³-hybridized carbons (Fsp3) is 0. The molecule has 2 aliphatic rings. The molecule has 0 atom stereocenters. The molecule has 0 saturated carbocycles. The molecule has 1 N–H and O–H groups in total. The van der Waals surface area contributed by atoms with Gasteiger partial charge in [0, 0.05) is 59.4 Å². The quantitative estimate of drug-likeness (QED) is 0.375. The number of aromatic nitrogens is 5. The summed E-state index contributed by atoms with van der Waals surface area (Å²) in [5.74, 6) is 0. The Balaban J connectivity index is 1.69. The van der Waals surface area contributed by atoms with Gasteiger partial charge in [-0.2, -0.15) is 0 Å². The predicted octanol–water partition coefficient (Wildman–Crippen LogP) is 2.53. The van der Waals surface area contributed by atoms with Crippen LogP contribution in [-0.2, 0) is 19.7 Å². The van der Waals surface area contributed by atoms with Gasteiger partial charge in [0.25, 0.3) is 0 Å². The van der Waals surface area contributed by atoms with E-state index in [0.29, 0.717) is 44.3 Å². The van der Waals surface area contributed by atoms with Crippen LogP contribution in [-0.4, -0.2) is 41.8 Å². The second-order valence-electron chi connectivity index (χ2n) is 7.32. The lowest BCUT2D eigenvalue weighted by molar-refractivity contribution is 0.596. The van der Waals surface area contributed by atoms with Crippen LogP contribution < -0.4 is 0 Å². The van der Waals surface area contributed by atoms with Crippen molar-refractivity contribution in [1.82, 2.24) is 24.9 Å². The number of aromatic amines is 1. The van der Waals surface area contributed by atoms with Gasteiger partial charge in [0.2, 0.25) is 19.7 Å². The van der Waals surface area contributed by atoms with Gasteiger partial charge in [-0.15, -0.1) is 0 Å². The molecule has 0 spiro atoms. The van der Waals surface area contributed by atoms with Crippen LogP contribution in [0.1, 0.15) is 0 Å². The van der Waals surface area contributed by atoms with Gasteiger partial charge in [-0.1, -0.05) is 0 Å². The van der Waals surface area contributed by atoms with Crippen molar-refractivity contribution in [1.29, 1.82) is 0 Å². The molecule has 150 valence electrons. The van der Waals surface area contributed by atoms with Crippen molar-refractivity contribution in [2.24, 2.45) is 0 Å². The van der Waals surface area contributed by atoms with E-state index in [1.165, 1.54) is 37.2 Å². The zero-order valence-corrected chi connectivity index (χ0v) is 17.0. The number of hydrogen-bond donors (Lipinski definition) is 1. The lowest BCUT2D eigenvalue weighted by Crippen LogP contribution is -1.98. The molecule has 0 aliphatic carbocycles. The molecule has 0 unspecified atom stereocenters. The van der Waals surface area contributed by atoms with Crippen LogP contribution in [0, 0.1) is 0 Å². The third kappa shape index (κ3) is 1.82. The molecule has 11 heteroatoms. The molecule has 0 bridgehead atoms. The average molecular weight is 447 g/mol. The number of nitrogens with one attached hydrogen (secondary N) is 1. The summed E-state index contributed by atoms with van der Waals surface area (Å²) in [6.07, 6.45) is 8.36. The Morgan fingerprint density at radius 3 is 1.52 bits per heavy atom. The van der Waals surface area contributed by atoms with Gasteiger partial charge in [-0.3, -0.25) is 19.9 Å². The van der Waals surface area contributed by atoms with Gasteiger partial charge in [0.15, 0.2) is 0 Å². The van der Waals surface area contributed by atoms with E-state index in [1.54, 1.807) is 12.1 Å². The van der Waals surface area contributed by atoms with E-state index >= 15 is 0 Å². The second-order valence-corrected chi connectivity index (χ2v) is 11.1. The number of fused-ring (bicyclic) bond motifs is 11. The number of sulfone groups is 2. The lowest BCUT2D eigenvalue weighted by Gasteiger charge is -2.00. The van der Waals surface area contributed by atoms with Crippen LogP contribution in [0.5, 0.6) is 0 Å². The molecule has 0 saturated heterocycles. The number of H-pyrrole nitrogens is 1. The molecule has 5 aromatic rings. The van der Waals surface area contributed by atoms with Crippen LogP contribution in [0.3, 0.4) is 0 Å². The Morgan fingerprint density at radius 1 is 0.613 bits per heavy atom. The highest BCUT2D eigenvalue weighted by atomic mass is 32.2. The van der Waals surface area contributed by atoms with Gasteiger partial charge in [0.05, 0.1) is 20.8 Å². The topological polar surface area (TPSA) is 136 Å². The summed E-state index contributed by atoms with van der Waals surface area (Å²) in [4.78, 5) is 20.3. The highest BCUT2D eigenvalue weighted by Gasteiger charge is 2.38. The molecule has 2 aliphatic heterocycles. The van der Waals surface area contributed by atoms with Crippen molar-refractivity contribution in [3.05, 3.63) is 49.3 Å². The maximum absolute atomic E-state index is 13.0. The van der Waals surface area contributed by atoms with E-state index < -0.39 is 19.7 Å². The molecule has 0 amide bonds. The zero-order chi connectivity index (χ0) is 21.1. The monoisotopic (exact) mass is 447 g/mol. The van der Waals surface area contributed by atoms with Crippen LogP contribution >= 0.6 is 0 Å². The molecule has 7 rings (SSSR count). The van der Waals surface area contributed by atoms with E-state index in [2.05, 4.69) is 24.9 Å². The number of hydrogen-bond acceptors (Lipinski definition) is 8. The third-order valence-corrected chi connectivity index (χ3v) is 9.41. The first-order valence-electron chi connectivity index (χ1n) is 9.13. The SMILES string of the molecule is O=S1(=O)c2cnccc2-c2c1cnc1c2[nH]c2c3c(cnc21)S(=O)(=O)c1cnccc1-3. The van der Waals surface area contributed by atoms with E-state index in [0.717, 1.165) is 0 Å². The van der Waals surface area contributed by atoms with Crippen molar-refractivity contribution in [3.63, 3.8) is 0 Å². The normalized spacial score (nSPS) is 16.8. The maximum atomic E-state index is 13.0. The van der Waals surface area contributed by atoms with E-state index in [1.807, 2.05) is 0 Å². The first-order chi connectivity index (χ1) is 14.9. The molecule has 5 aromatic heterocycles. The Kier molecular flexibility index (Phi) is 2.82.